The fourth-order valence-corrected chi connectivity index (χ4v) is 3.02. The molecule has 1 atom stereocenters. The molecule has 1 unspecified atom stereocenters. The quantitative estimate of drug-likeness (QED) is 0.430. The third kappa shape index (κ3) is 4.02. The van der Waals surface area contributed by atoms with E-state index in [9.17, 15) is 13.2 Å². The molecule has 0 fully saturated rings. The molecule has 0 aliphatic heterocycles. The van der Waals surface area contributed by atoms with Crippen molar-refractivity contribution in [3.63, 3.8) is 0 Å². The third-order valence-corrected chi connectivity index (χ3v) is 4.84. The minimum atomic E-state index is -4.38. The van der Waals surface area contributed by atoms with Gasteiger partial charge in [-0.3, -0.25) is 4.90 Å². The first-order valence-corrected chi connectivity index (χ1v) is 9.00. The Hall–Kier alpha value is -3.13. The highest BCUT2D eigenvalue weighted by Crippen LogP contribution is 2.31. The highest BCUT2D eigenvalue weighted by molar-refractivity contribution is 5.77. The van der Waals surface area contributed by atoms with E-state index in [0.717, 1.165) is 28.9 Å². The molecule has 29 heavy (non-hydrogen) atoms. The molecule has 2 aromatic carbocycles. The Morgan fingerprint density at radius 2 is 1.79 bits per heavy atom. The predicted molar refractivity (Wildman–Crippen MR) is 101 cm³/mol. The van der Waals surface area contributed by atoms with Crippen LogP contribution in [0.2, 0.25) is 0 Å². The van der Waals surface area contributed by atoms with Crippen molar-refractivity contribution in [2.24, 2.45) is 0 Å². The van der Waals surface area contributed by atoms with Gasteiger partial charge < -0.3 is 8.94 Å². The SMILES string of the molecule is CC(c1cc2ccccc2o1)N(C)Cc1nc(-c2ccc(C(F)(F)F)cc2)no1. The number of para-hydroxylation sites is 1. The fraction of sp³-hybridized carbons (Fsp3) is 0.238. The van der Waals surface area contributed by atoms with Crippen molar-refractivity contribution in [3.05, 3.63) is 71.8 Å². The molecule has 4 rings (SSSR count). The molecule has 8 heteroatoms. The lowest BCUT2D eigenvalue weighted by Crippen LogP contribution is -2.21. The van der Waals surface area contributed by atoms with Gasteiger partial charge in [-0.05, 0) is 38.2 Å². The number of furan rings is 1. The summed E-state index contributed by atoms with van der Waals surface area (Å²) in [5, 5.41) is 4.91. The maximum Gasteiger partial charge on any atom is 0.416 e. The monoisotopic (exact) mass is 401 g/mol. The van der Waals surface area contributed by atoms with Gasteiger partial charge in [0.1, 0.15) is 11.3 Å². The first-order valence-electron chi connectivity index (χ1n) is 9.00. The molecule has 2 aromatic heterocycles. The van der Waals surface area contributed by atoms with Gasteiger partial charge in [-0.25, -0.2) is 0 Å². The van der Waals surface area contributed by atoms with Crippen LogP contribution in [0.15, 0.2) is 63.5 Å². The lowest BCUT2D eigenvalue weighted by Gasteiger charge is -2.20. The van der Waals surface area contributed by atoms with E-state index in [0.29, 0.717) is 18.0 Å². The van der Waals surface area contributed by atoms with E-state index in [1.807, 2.05) is 49.2 Å². The van der Waals surface area contributed by atoms with Gasteiger partial charge in [-0.2, -0.15) is 18.2 Å². The van der Waals surface area contributed by atoms with Crippen LogP contribution in [-0.4, -0.2) is 22.1 Å². The lowest BCUT2D eigenvalue weighted by atomic mass is 10.1. The second kappa shape index (κ2) is 7.36. The number of aromatic nitrogens is 2. The number of alkyl halides is 3. The van der Waals surface area contributed by atoms with Crippen LogP contribution in [0.4, 0.5) is 13.2 Å². The van der Waals surface area contributed by atoms with Crippen molar-refractivity contribution in [1.82, 2.24) is 15.0 Å². The van der Waals surface area contributed by atoms with Crippen molar-refractivity contribution < 1.29 is 22.1 Å². The Balaban J connectivity index is 1.46. The first-order chi connectivity index (χ1) is 13.8. The highest BCUT2D eigenvalue weighted by atomic mass is 19.4. The van der Waals surface area contributed by atoms with Crippen molar-refractivity contribution in [3.8, 4) is 11.4 Å². The normalized spacial score (nSPS) is 13.3. The van der Waals surface area contributed by atoms with Crippen LogP contribution in [0.5, 0.6) is 0 Å². The van der Waals surface area contributed by atoms with Gasteiger partial charge in [-0.15, -0.1) is 0 Å². The topological polar surface area (TPSA) is 55.3 Å². The van der Waals surface area contributed by atoms with Gasteiger partial charge in [0.2, 0.25) is 11.7 Å². The van der Waals surface area contributed by atoms with Gasteiger partial charge in [0.05, 0.1) is 18.2 Å². The number of fused-ring (bicyclic) bond motifs is 1. The largest absolute Gasteiger partial charge is 0.459 e. The molecule has 5 nitrogen and oxygen atoms in total. The fourth-order valence-electron chi connectivity index (χ4n) is 3.02. The summed E-state index contributed by atoms with van der Waals surface area (Å²) in [7, 11) is 1.90. The maximum atomic E-state index is 12.7. The minimum absolute atomic E-state index is 0.0381. The summed E-state index contributed by atoms with van der Waals surface area (Å²) in [4.78, 5) is 6.29. The summed E-state index contributed by atoms with van der Waals surface area (Å²) in [6, 6.07) is 14.4. The Labute approximate surface area is 164 Å². The van der Waals surface area contributed by atoms with Crippen LogP contribution in [0.1, 0.15) is 30.2 Å². The van der Waals surface area contributed by atoms with Gasteiger partial charge >= 0.3 is 6.18 Å². The van der Waals surface area contributed by atoms with E-state index in [1.54, 1.807) is 0 Å². The molecule has 0 aliphatic rings. The van der Waals surface area contributed by atoms with Gasteiger partial charge in [-0.1, -0.05) is 35.5 Å². The Morgan fingerprint density at radius 1 is 1.07 bits per heavy atom. The molecule has 2 heterocycles. The number of rotatable bonds is 5. The summed E-state index contributed by atoms with van der Waals surface area (Å²) < 4.78 is 49.2. The summed E-state index contributed by atoms with van der Waals surface area (Å²) in [5.74, 6) is 1.43. The van der Waals surface area contributed by atoms with Crippen molar-refractivity contribution in [2.45, 2.75) is 25.7 Å². The summed E-state index contributed by atoms with van der Waals surface area (Å²) in [6.07, 6.45) is -4.38. The highest BCUT2D eigenvalue weighted by Gasteiger charge is 2.30. The lowest BCUT2D eigenvalue weighted by molar-refractivity contribution is -0.137. The van der Waals surface area contributed by atoms with Crippen LogP contribution >= 0.6 is 0 Å². The van der Waals surface area contributed by atoms with Crippen molar-refractivity contribution >= 4 is 11.0 Å². The van der Waals surface area contributed by atoms with Crippen LogP contribution < -0.4 is 0 Å². The number of nitrogens with zero attached hydrogens (tertiary/aromatic N) is 3. The first kappa shape index (κ1) is 19.2. The molecular weight excluding hydrogens is 383 g/mol. The van der Waals surface area contributed by atoms with E-state index in [4.69, 9.17) is 8.94 Å². The van der Waals surface area contributed by atoms with Crippen LogP contribution in [0.25, 0.3) is 22.4 Å². The Kier molecular flexibility index (Phi) is 4.87. The van der Waals surface area contributed by atoms with Gasteiger partial charge in [0.25, 0.3) is 0 Å². The van der Waals surface area contributed by atoms with Crippen molar-refractivity contribution in [1.29, 1.82) is 0 Å². The number of benzene rings is 2. The average molecular weight is 401 g/mol. The molecule has 0 N–H and O–H groups in total. The van der Waals surface area contributed by atoms with E-state index < -0.39 is 11.7 Å². The number of hydrogen-bond donors (Lipinski definition) is 0. The summed E-state index contributed by atoms with van der Waals surface area (Å²) in [6.45, 7) is 2.37. The molecule has 0 spiro atoms. The molecule has 0 aliphatic carbocycles. The van der Waals surface area contributed by atoms with E-state index >= 15 is 0 Å². The summed E-state index contributed by atoms with van der Waals surface area (Å²) >= 11 is 0. The molecule has 0 bridgehead atoms. The van der Waals surface area contributed by atoms with Gasteiger partial charge in [0.15, 0.2) is 0 Å². The molecular formula is C21H18F3N3O2. The second-order valence-electron chi connectivity index (χ2n) is 6.86. The molecule has 0 saturated heterocycles. The van der Waals surface area contributed by atoms with Crippen molar-refractivity contribution in [2.75, 3.05) is 7.05 Å². The van der Waals surface area contributed by atoms with E-state index in [2.05, 4.69) is 10.1 Å². The Morgan fingerprint density at radius 3 is 2.48 bits per heavy atom. The molecule has 0 radical (unpaired) electrons. The summed E-state index contributed by atoms with van der Waals surface area (Å²) in [5.41, 5.74) is 0.565. The smallest absolute Gasteiger partial charge is 0.416 e. The van der Waals surface area contributed by atoms with E-state index in [1.165, 1.54) is 12.1 Å². The standard InChI is InChI=1S/C21H18F3N3O2/c1-13(18-11-15-5-3-4-6-17(15)28-18)27(2)12-19-25-20(26-29-19)14-7-9-16(10-8-14)21(22,23)24/h3-11,13H,12H2,1-2H3. The number of halogens is 3. The zero-order chi connectivity index (χ0) is 20.6. The maximum absolute atomic E-state index is 12.7. The molecule has 0 amide bonds. The van der Waals surface area contributed by atoms with E-state index in [-0.39, 0.29) is 11.9 Å². The minimum Gasteiger partial charge on any atom is -0.459 e. The van der Waals surface area contributed by atoms with Crippen LogP contribution in [-0.2, 0) is 12.7 Å². The van der Waals surface area contributed by atoms with Crippen LogP contribution in [0, 0.1) is 0 Å². The zero-order valence-corrected chi connectivity index (χ0v) is 15.8. The second-order valence-corrected chi connectivity index (χ2v) is 6.86. The zero-order valence-electron chi connectivity index (χ0n) is 15.8. The Bertz CT molecular complexity index is 1080. The molecule has 4 aromatic rings. The number of hydrogen-bond acceptors (Lipinski definition) is 5. The predicted octanol–water partition coefficient (Wildman–Crippen LogP) is 5.69. The third-order valence-electron chi connectivity index (χ3n) is 4.84. The van der Waals surface area contributed by atoms with Gasteiger partial charge in [0, 0.05) is 10.9 Å². The molecule has 150 valence electrons. The molecule has 0 saturated carbocycles. The average Bonchev–Trinajstić information content (AvgIpc) is 3.33. The van der Waals surface area contributed by atoms with Crippen LogP contribution in [0.3, 0.4) is 0 Å².